The van der Waals surface area contributed by atoms with Gasteiger partial charge in [-0.1, -0.05) is 0 Å². The Balaban J connectivity index is 1.68. The van der Waals surface area contributed by atoms with Gasteiger partial charge in [0.05, 0.1) is 29.6 Å². The Labute approximate surface area is 136 Å². The minimum absolute atomic E-state index is 0.280. The third kappa shape index (κ3) is 3.12. The fraction of sp³-hybridized carbons (Fsp3) is 0.357. The Morgan fingerprint density at radius 1 is 1.41 bits per heavy atom. The second-order valence-electron chi connectivity index (χ2n) is 4.97. The molecule has 0 atom stereocenters. The predicted octanol–water partition coefficient (Wildman–Crippen LogP) is 1.96. The molecule has 1 aliphatic heterocycles. The summed E-state index contributed by atoms with van der Waals surface area (Å²) < 4.78 is 5.99. The molecule has 1 amide bonds. The first-order valence-corrected chi connectivity index (χ1v) is 7.75. The maximum absolute atomic E-state index is 12.2. The molecule has 1 aliphatic rings. The zero-order valence-corrected chi connectivity index (χ0v) is 13.7. The van der Waals surface area contributed by atoms with Crippen LogP contribution >= 0.6 is 15.9 Å². The van der Waals surface area contributed by atoms with Gasteiger partial charge in [0, 0.05) is 18.8 Å². The van der Waals surface area contributed by atoms with Crippen molar-refractivity contribution in [3.63, 3.8) is 0 Å². The van der Waals surface area contributed by atoms with Crippen LogP contribution in [-0.2, 0) is 4.74 Å². The lowest BCUT2D eigenvalue weighted by Gasteiger charge is -2.27. The van der Waals surface area contributed by atoms with Gasteiger partial charge in [-0.15, -0.1) is 0 Å². The summed E-state index contributed by atoms with van der Waals surface area (Å²) in [5, 5.41) is 9.53. The van der Waals surface area contributed by atoms with E-state index < -0.39 is 0 Å². The summed E-state index contributed by atoms with van der Waals surface area (Å²) in [5.74, 6) is 0.607. The number of hydrogen-bond acceptors (Lipinski definition) is 5. The van der Waals surface area contributed by atoms with E-state index in [2.05, 4.69) is 41.3 Å². The monoisotopic (exact) mass is 365 g/mol. The molecule has 0 radical (unpaired) electrons. The molecule has 0 saturated carbocycles. The minimum Gasteiger partial charge on any atom is -0.378 e. The summed E-state index contributed by atoms with van der Waals surface area (Å²) in [6.07, 6.45) is 1.65. The molecule has 7 nitrogen and oxygen atoms in total. The third-order valence-corrected chi connectivity index (χ3v) is 4.40. The maximum Gasteiger partial charge on any atom is 0.277 e. The van der Waals surface area contributed by atoms with E-state index in [9.17, 15) is 4.79 Å². The lowest BCUT2D eigenvalue weighted by atomic mass is 10.3. The van der Waals surface area contributed by atoms with Crippen molar-refractivity contribution < 1.29 is 9.53 Å². The fourth-order valence-corrected chi connectivity index (χ4v) is 2.55. The van der Waals surface area contributed by atoms with Crippen molar-refractivity contribution in [3.05, 3.63) is 34.2 Å². The van der Waals surface area contributed by atoms with Crippen molar-refractivity contribution in [2.24, 2.45) is 0 Å². The van der Waals surface area contributed by atoms with Crippen molar-refractivity contribution in [2.75, 3.05) is 36.5 Å². The lowest BCUT2D eigenvalue weighted by molar-refractivity contribution is 0.102. The number of H-pyrrole nitrogens is 1. The van der Waals surface area contributed by atoms with Crippen LogP contribution in [0.5, 0.6) is 0 Å². The quantitative estimate of drug-likeness (QED) is 0.868. The van der Waals surface area contributed by atoms with E-state index in [1.807, 2.05) is 19.1 Å². The Bertz CT molecular complexity index is 664. The molecule has 0 bridgehead atoms. The summed E-state index contributed by atoms with van der Waals surface area (Å²) in [4.78, 5) is 18.7. The number of ether oxygens (including phenoxy) is 1. The third-order valence-electron chi connectivity index (χ3n) is 3.43. The van der Waals surface area contributed by atoms with E-state index in [1.165, 1.54) is 0 Å². The van der Waals surface area contributed by atoms with E-state index in [0.717, 1.165) is 24.6 Å². The van der Waals surface area contributed by atoms with Gasteiger partial charge < -0.3 is 15.0 Å². The van der Waals surface area contributed by atoms with Crippen LogP contribution in [0.25, 0.3) is 0 Å². The van der Waals surface area contributed by atoms with Crippen LogP contribution in [-0.4, -0.2) is 47.4 Å². The topological polar surface area (TPSA) is 83.1 Å². The number of anilines is 2. The number of aryl methyl sites for hydroxylation is 1. The number of pyridine rings is 1. The summed E-state index contributed by atoms with van der Waals surface area (Å²) in [6.45, 7) is 4.93. The number of nitrogens with zero attached hydrogens (tertiary/aromatic N) is 3. The lowest BCUT2D eigenvalue weighted by Crippen LogP contribution is -2.36. The van der Waals surface area contributed by atoms with E-state index in [1.54, 1.807) is 6.20 Å². The summed E-state index contributed by atoms with van der Waals surface area (Å²) in [5.41, 5.74) is 1.77. The smallest absolute Gasteiger partial charge is 0.277 e. The van der Waals surface area contributed by atoms with Crippen molar-refractivity contribution in [2.45, 2.75) is 6.92 Å². The molecule has 0 spiro atoms. The minimum atomic E-state index is -0.280. The molecule has 22 heavy (non-hydrogen) atoms. The molecule has 8 heteroatoms. The van der Waals surface area contributed by atoms with Gasteiger partial charge in [-0.3, -0.25) is 9.89 Å². The van der Waals surface area contributed by atoms with Crippen LogP contribution in [0.4, 0.5) is 11.5 Å². The van der Waals surface area contributed by atoms with Gasteiger partial charge in [-0.05, 0) is 35.0 Å². The number of carbonyl (C=O) groups excluding carboxylic acids is 1. The van der Waals surface area contributed by atoms with Gasteiger partial charge in [0.1, 0.15) is 5.82 Å². The first-order valence-electron chi connectivity index (χ1n) is 6.95. The van der Waals surface area contributed by atoms with E-state index in [4.69, 9.17) is 4.74 Å². The number of aromatic nitrogens is 3. The average molecular weight is 366 g/mol. The molecule has 0 unspecified atom stereocenters. The first-order chi connectivity index (χ1) is 10.6. The van der Waals surface area contributed by atoms with Crippen molar-refractivity contribution in [1.29, 1.82) is 0 Å². The van der Waals surface area contributed by atoms with Gasteiger partial charge >= 0.3 is 0 Å². The summed E-state index contributed by atoms with van der Waals surface area (Å²) >= 11 is 3.34. The van der Waals surface area contributed by atoms with Crippen LogP contribution in [0.1, 0.15) is 16.2 Å². The van der Waals surface area contributed by atoms with Crippen LogP contribution in [0.15, 0.2) is 22.8 Å². The zero-order valence-electron chi connectivity index (χ0n) is 12.1. The molecule has 2 aromatic heterocycles. The van der Waals surface area contributed by atoms with Gasteiger partial charge in [-0.2, -0.15) is 5.10 Å². The van der Waals surface area contributed by atoms with Gasteiger partial charge in [0.25, 0.3) is 5.91 Å². The van der Waals surface area contributed by atoms with Crippen LogP contribution < -0.4 is 10.2 Å². The molecular formula is C14H16BrN5O2. The number of aromatic amines is 1. The average Bonchev–Trinajstić information content (AvgIpc) is 2.88. The van der Waals surface area contributed by atoms with Crippen LogP contribution in [0.3, 0.4) is 0 Å². The van der Waals surface area contributed by atoms with Gasteiger partial charge in [-0.25, -0.2) is 4.98 Å². The highest BCUT2D eigenvalue weighted by Gasteiger charge is 2.16. The molecule has 1 saturated heterocycles. The van der Waals surface area contributed by atoms with Crippen molar-refractivity contribution in [3.8, 4) is 0 Å². The number of halogens is 1. The number of hydrogen-bond donors (Lipinski definition) is 2. The predicted molar refractivity (Wildman–Crippen MR) is 86.2 cm³/mol. The Kier molecular flexibility index (Phi) is 4.39. The zero-order chi connectivity index (χ0) is 15.5. The van der Waals surface area contributed by atoms with Crippen molar-refractivity contribution >= 4 is 33.3 Å². The number of nitrogens with one attached hydrogen (secondary N) is 2. The molecule has 0 aliphatic carbocycles. The molecular weight excluding hydrogens is 350 g/mol. The first kappa shape index (κ1) is 15.0. The highest BCUT2D eigenvalue weighted by molar-refractivity contribution is 9.10. The standard InChI is InChI=1S/C14H16BrN5O2/c1-9-12(15)13(19-18-9)14(21)17-10-2-3-11(16-8-10)20-4-6-22-7-5-20/h2-3,8H,4-7H2,1H3,(H,17,21)(H,18,19). The van der Waals surface area contributed by atoms with E-state index in [0.29, 0.717) is 29.1 Å². The molecule has 3 rings (SSSR count). The van der Waals surface area contributed by atoms with Gasteiger partial charge in [0.15, 0.2) is 5.69 Å². The van der Waals surface area contributed by atoms with Gasteiger partial charge in [0.2, 0.25) is 0 Å². The highest BCUT2D eigenvalue weighted by atomic mass is 79.9. The number of carbonyl (C=O) groups is 1. The largest absolute Gasteiger partial charge is 0.378 e. The summed E-state index contributed by atoms with van der Waals surface area (Å²) in [7, 11) is 0. The molecule has 1 fully saturated rings. The number of amides is 1. The number of rotatable bonds is 3. The molecule has 3 heterocycles. The Morgan fingerprint density at radius 2 is 2.18 bits per heavy atom. The fourth-order valence-electron chi connectivity index (χ4n) is 2.20. The SMILES string of the molecule is Cc1[nH]nc(C(=O)Nc2ccc(N3CCOCC3)nc2)c1Br. The maximum atomic E-state index is 12.2. The summed E-state index contributed by atoms with van der Waals surface area (Å²) in [6, 6.07) is 3.73. The molecule has 0 aromatic carbocycles. The molecule has 2 N–H and O–H groups in total. The highest BCUT2D eigenvalue weighted by Crippen LogP contribution is 2.20. The normalized spacial score (nSPS) is 14.9. The van der Waals surface area contributed by atoms with Crippen molar-refractivity contribution in [1.82, 2.24) is 15.2 Å². The number of morpholine rings is 1. The molecule has 2 aromatic rings. The van der Waals surface area contributed by atoms with Crippen LogP contribution in [0, 0.1) is 6.92 Å². The Morgan fingerprint density at radius 3 is 2.77 bits per heavy atom. The molecule has 116 valence electrons. The second-order valence-corrected chi connectivity index (χ2v) is 5.76. The van der Waals surface area contributed by atoms with E-state index in [-0.39, 0.29) is 5.91 Å². The second kappa shape index (κ2) is 6.45. The van der Waals surface area contributed by atoms with Crippen LogP contribution in [0.2, 0.25) is 0 Å². The van der Waals surface area contributed by atoms with E-state index >= 15 is 0 Å². The Hall–Kier alpha value is -1.93.